The van der Waals surface area contributed by atoms with Gasteiger partial charge in [0.15, 0.2) is 5.13 Å². The topological polar surface area (TPSA) is 37.4 Å². The molecule has 1 heterocycles. The maximum atomic E-state index is 5.53. The zero-order chi connectivity index (χ0) is 14.1. The number of hydrogen-bond donors (Lipinski definition) is 1. The first-order valence-corrected chi connectivity index (χ1v) is 7.97. The minimum atomic E-state index is 0.609. The Bertz CT molecular complexity index is 337. The number of nitrogens with zero attached hydrogens (tertiary/aromatic N) is 2. The van der Waals surface area contributed by atoms with Crippen LogP contribution in [0.15, 0.2) is 6.20 Å². The fourth-order valence-electron chi connectivity index (χ4n) is 1.69. The van der Waals surface area contributed by atoms with E-state index in [0.717, 1.165) is 44.5 Å². The Labute approximate surface area is 121 Å². The predicted octanol–water partition coefficient (Wildman–Crippen LogP) is 2.75. The van der Waals surface area contributed by atoms with E-state index in [4.69, 9.17) is 4.74 Å². The van der Waals surface area contributed by atoms with Crippen molar-refractivity contribution in [2.45, 2.75) is 34.2 Å². The van der Waals surface area contributed by atoms with E-state index in [2.05, 4.69) is 42.9 Å². The maximum absolute atomic E-state index is 5.53. The van der Waals surface area contributed by atoms with Gasteiger partial charge in [-0.25, -0.2) is 4.98 Å². The number of hydrogen-bond acceptors (Lipinski definition) is 5. The summed E-state index contributed by atoms with van der Waals surface area (Å²) in [6.45, 7) is 14.1. The van der Waals surface area contributed by atoms with E-state index in [1.54, 1.807) is 11.3 Å². The van der Waals surface area contributed by atoms with Crippen LogP contribution in [0.4, 0.5) is 5.13 Å². The third-order valence-corrected chi connectivity index (χ3v) is 3.81. The van der Waals surface area contributed by atoms with E-state index in [9.17, 15) is 0 Å². The third-order valence-electron chi connectivity index (χ3n) is 2.75. The van der Waals surface area contributed by atoms with Crippen LogP contribution in [0.25, 0.3) is 0 Å². The van der Waals surface area contributed by atoms with Crippen molar-refractivity contribution in [1.29, 1.82) is 0 Å². The highest BCUT2D eigenvalue weighted by Crippen LogP contribution is 2.21. The summed E-state index contributed by atoms with van der Waals surface area (Å²) < 4.78 is 5.53. The molecular weight excluding hydrogens is 258 g/mol. The molecule has 0 bridgehead atoms. The number of aromatic nitrogens is 1. The molecule has 0 fully saturated rings. The molecule has 110 valence electrons. The Morgan fingerprint density at radius 3 is 2.74 bits per heavy atom. The van der Waals surface area contributed by atoms with Gasteiger partial charge in [-0.2, -0.15) is 0 Å². The molecule has 0 saturated carbocycles. The molecule has 0 aliphatic rings. The van der Waals surface area contributed by atoms with Crippen molar-refractivity contribution in [2.24, 2.45) is 5.92 Å². The molecule has 0 radical (unpaired) electrons. The SMILES string of the molecule is CCN(CC)c1ncc(CNCCOCC(C)C)s1. The van der Waals surface area contributed by atoms with E-state index in [1.807, 2.05) is 6.20 Å². The zero-order valence-electron chi connectivity index (χ0n) is 12.6. The van der Waals surface area contributed by atoms with E-state index in [0.29, 0.717) is 5.92 Å². The highest BCUT2D eigenvalue weighted by molar-refractivity contribution is 7.15. The molecule has 1 aromatic heterocycles. The number of nitrogens with one attached hydrogen (secondary N) is 1. The Morgan fingerprint density at radius 2 is 2.11 bits per heavy atom. The molecule has 1 N–H and O–H groups in total. The van der Waals surface area contributed by atoms with Gasteiger partial charge < -0.3 is 15.0 Å². The summed E-state index contributed by atoms with van der Waals surface area (Å²) in [7, 11) is 0. The molecule has 0 atom stereocenters. The molecular formula is C14H27N3OS. The lowest BCUT2D eigenvalue weighted by Crippen LogP contribution is -2.21. The fourth-order valence-corrected chi connectivity index (χ4v) is 2.70. The first-order chi connectivity index (χ1) is 9.17. The van der Waals surface area contributed by atoms with Crippen LogP contribution >= 0.6 is 11.3 Å². The molecule has 0 aliphatic carbocycles. The van der Waals surface area contributed by atoms with Gasteiger partial charge >= 0.3 is 0 Å². The number of anilines is 1. The molecule has 0 saturated heterocycles. The summed E-state index contributed by atoms with van der Waals surface area (Å²) in [5.41, 5.74) is 0. The van der Waals surface area contributed by atoms with Gasteiger partial charge in [0.2, 0.25) is 0 Å². The van der Waals surface area contributed by atoms with Crippen molar-refractivity contribution in [1.82, 2.24) is 10.3 Å². The van der Waals surface area contributed by atoms with Crippen LogP contribution in [0.1, 0.15) is 32.6 Å². The van der Waals surface area contributed by atoms with E-state index < -0.39 is 0 Å². The van der Waals surface area contributed by atoms with Crippen LogP contribution in [0.3, 0.4) is 0 Å². The largest absolute Gasteiger partial charge is 0.380 e. The minimum absolute atomic E-state index is 0.609. The molecule has 0 aromatic carbocycles. The second kappa shape index (κ2) is 9.28. The Kier molecular flexibility index (Phi) is 8.02. The van der Waals surface area contributed by atoms with E-state index in [1.165, 1.54) is 4.88 Å². The van der Waals surface area contributed by atoms with Gasteiger partial charge in [-0.1, -0.05) is 13.8 Å². The van der Waals surface area contributed by atoms with Gasteiger partial charge in [-0.15, -0.1) is 11.3 Å². The van der Waals surface area contributed by atoms with Gasteiger partial charge in [-0.05, 0) is 19.8 Å². The van der Waals surface area contributed by atoms with Crippen molar-refractivity contribution >= 4 is 16.5 Å². The monoisotopic (exact) mass is 285 g/mol. The molecule has 19 heavy (non-hydrogen) atoms. The normalized spacial score (nSPS) is 11.2. The van der Waals surface area contributed by atoms with Crippen LogP contribution < -0.4 is 10.2 Å². The van der Waals surface area contributed by atoms with Gasteiger partial charge in [0.25, 0.3) is 0 Å². The van der Waals surface area contributed by atoms with Crippen molar-refractivity contribution < 1.29 is 4.74 Å². The van der Waals surface area contributed by atoms with E-state index in [-0.39, 0.29) is 0 Å². The van der Waals surface area contributed by atoms with E-state index >= 15 is 0 Å². The first-order valence-electron chi connectivity index (χ1n) is 7.15. The highest BCUT2D eigenvalue weighted by Gasteiger charge is 2.07. The van der Waals surface area contributed by atoms with Crippen molar-refractivity contribution in [3.63, 3.8) is 0 Å². The van der Waals surface area contributed by atoms with Crippen LogP contribution in [0.2, 0.25) is 0 Å². The molecule has 0 spiro atoms. The van der Waals surface area contributed by atoms with Crippen LogP contribution in [0.5, 0.6) is 0 Å². The average molecular weight is 285 g/mol. The number of rotatable bonds is 10. The molecule has 1 aromatic rings. The molecule has 1 rings (SSSR count). The fraction of sp³-hybridized carbons (Fsp3) is 0.786. The summed E-state index contributed by atoms with van der Waals surface area (Å²) in [5.74, 6) is 0.609. The summed E-state index contributed by atoms with van der Waals surface area (Å²) >= 11 is 1.77. The summed E-state index contributed by atoms with van der Waals surface area (Å²) in [6, 6.07) is 0. The standard InChI is InChI=1S/C14H27N3OS/c1-5-17(6-2)14-16-10-13(19-14)9-15-7-8-18-11-12(3)4/h10,12,15H,5-9,11H2,1-4H3. The van der Waals surface area contributed by atoms with Gasteiger partial charge in [0.1, 0.15) is 0 Å². The first kappa shape index (κ1) is 16.4. The molecule has 0 aliphatic heterocycles. The van der Waals surface area contributed by atoms with Crippen molar-refractivity contribution in [2.75, 3.05) is 37.7 Å². The number of thiazole rings is 1. The summed E-state index contributed by atoms with van der Waals surface area (Å²) in [6.07, 6.45) is 1.97. The molecule has 0 amide bonds. The molecule has 0 unspecified atom stereocenters. The lowest BCUT2D eigenvalue weighted by molar-refractivity contribution is 0.111. The zero-order valence-corrected chi connectivity index (χ0v) is 13.4. The lowest BCUT2D eigenvalue weighted by Gasteiger charge is -2.16. The molecule has 4 nitrogen and oxygen atoms in total. The Balaban J connectivity index is 2.19. The van der Waals surface area contributed by atoms with Crippen LogP contribution in [0, 0.1) is 5.92 Å². The second-order valence-corrected chi connectivity index (χ2v) is 6.02. The van der Waals surface area contributed by atoms with Gasteiger partial charge in [0.05, 0.1) is 6.61 Å². The van der Waals surface area contributed by atoms with Crippen molar-refractivity contribution in [3.05, 3.63) is 11.1 Å². The van der Waals surface area contributed by atoms with Crippen LogP contribution in [-0.2, 0) is 11.3 Å². The second-order valence-electron chi connectivity index (χ2n) is 4.93. The lowest BCUT2D eigenvalue weighted by atomic mass is 10.2. The highest BCUT2D eigenvalue weighted by atomic mass is 32.1. The molecule has 5 heteroatoms. The van der Waals surface area contributed by atoms with Gasteiger partial charge in [-0.3, -0.25) is 0 Å². The Hall–Kier alpha value is -0.650. The quantitative estimate of drug-likeness (QED) is 0.671. The van der Waals surface area contributed by atoms with Crippen molar-refractivity contribution in [3.8, 4) is 0 Å². The summed E-state index contributed by atoms with van der Waals surface area (Å²) in [5, 5.41) is 4.51. The minimum Gasteiger partial charge on any atom is -0.380 e. The van der Waals surface area contributed by atoms with Crippen LogP contribution in [-0.4, -0.2) is 37.8 Å². The predicted molar refractivity (Wildman–Crippen MR) is 83.0 cm³/mol. The average Bonchev–Trinajstić information content (AvgIpc) is 2.83. The Morgan fingerprint density at radius 1 is 1.37 bits per heavy atom. The number of ether oxygens (including phenoxy) is 1. The smallest absolute Gasteiger partial charge is 0.185 e. The van der Waals surface area contributed by atoms with Gasteiger partial charge in [0, 0.05) is 43.9 Å². The summed E-state index contributed by atoms with van der Waals surface area (Å²) in [4.78, 5) is 8.03. The third kappa shape index (κ3) is 6.36. The maximum Gasteiger partial charge on any atom is 0.185 e.